The molecule has 3 unspecified atom stereocenters. The van der Waals surface area contributed by atoms with E-state index in [0.717, 1.165) is 25.8 Å². The van der Waals surface area contributed by atoms with Gasteiger partial charge in [0.25, 0.3) is 0 Å². The number of sulfone groups is 1. The van der Waals surface area contributed by atoms with Crippen molar-refractivity contribution in [3.8, 4) is 0 Å². The molecule has 0 saturated carbocycles. The van der Waals surface area contributed by atoms with Gasteiger partial charge in [0.1, 0.15) is 0 Å². The van der Waals surface area contributed by atoms with Crippen LogP contribution in [0.25, 0.3) is 0 Å². The fourth-order valence-corrected chi connectivity index (χ4v) is 5.30. The predicted molar refractivity (Wildman–Crippen MR) is 77.9 cm³/mol. The standard InChI is InChI=1S/C13H27N3O2S/c1-11-8-13(10-14,5-6-15(11)2)16(3)12-4-7-19(17,18)9-12/h11-12H,4-10,14H2,1-3H3. The summed E-state index contributed by atoms with van der Waals surface area (Å²) in [6.07, 6.45) is 2.80. The van der Waals surface area contributed by atoms with E-state index in [-0.39, 0.29) is 11.6 Å². The van der Waals surface area contributed by atoms with Crippen molar-refractivity contribution in [3.63, 3.8) is 0 Å². The van der Waals surface area contributed by atoms with Gasteiger partial charge in [-0.25, -0.2) is 8.42 Å². The van der Waals surface area contributed by atoms with Crippen LogP contribution >= 0.6 is 0 Å². The molecule has 2 fully saturated rings. The topological polar surface area (TPSA) is 66.6 Å². The summed E-state index contributed by atoms with van der Waals surface area (Å²) < 4.78 is 23.3. The van der Waals surface area contributed by atoms with Crippen molar-refractivity contribution in [2.24, 2.45) is 5.73 Å². The lowest BCUT2D eigenvalue weighted by Gasteiger charge is -2.50. The molecule has 0 bridgehead atoms. The molecule has 2 saturated heterocycles. The molecule has 0 aromatic heterocycles. The van der Waals surface area contributed by atoms with E-state index in [2.05, 4.69) is 30.8 Å². The summed E-state index contributed by atoms with van der Waals surface area (Å²) in [5.41, 5.74) is 6.04. The summed E-state index contributed by atoms with van der Waals surface area (Å²) in [5, 5.41) is 0. The summed E-state index contributed by atoms with van der Waals surface area (Å²) in [6, 6.07) is 0.641. The summed E-state index contributed by atoms with van der Waals surface area (Å²) >= 11 is 0. The fourth-order valence-electron chi connectivity index (χ4n) is 3.53. The Labute approximate surface area is 117 Å². The molecule has 5 nitrogen and oxygen atoms in total. The molecular formula is C13H27N3O2S. The van der Waals surface area contributed by atoms with Gasteiger partial charge >= 0.3 is 0 Å². The lowest BCUT2D eigenvalue weighted by Crippen LogP contribution is -2.62. The van der Waals surface area contributed by atoms with Gasteiger partial charge in [-0.3, -0.25) is 4.90 Å². The quantitative estimate of drug-likeness (QED) is 0.787. The van der Waals surface area contributed by atoms with Gasteiger partial charge in [-0.15, -0.1) is 0 Å². The van der Waals surface area contributed by atoms with Gasteiger partial charge in [0.05, 0.1) is 11.5 Å². The van der Waals surface area contributed by atoms with Crippen molar-refractivity contribution in [2.45, 2.75) is 43.8 Å². The summed E-state index contributed by atoms with van der Waals surface area (Å²) in [7, 11) is 1.38. The van der Waals surface area contributed by atoms with Gasteiger partial charge < -0.3 is 10.6 Å². The second-order valence-corrected chi connectivity index (χ2v) is 8.61. The molecule has 2 N–H and O–H groups in total. The molecule has 0 radical (unpaired) electrons. The predicted octanol–water partition coefficient (Wildman–Crippen LogP) is -0.0831. The van der Waals surface area contributed by atoms with E-state index in [1.54, 1.807) is 0 Å². The third-order valence-corrected chi connectivity index (χ3v) is 6.99. The zero-order valence-corrected chi connectivity index (χ0v) is 13.1. The molecule has 2 heterocycles. The highest BCUT2D eigenvalue weighted by Crippen LogP contribution is 2.33. The first kappa shape index (κ1) is 15.2. The van der Waals surface area contributed by atoms with E-state index in [1.165, 1.54) is 0 Å². The number of likely N-dealkylation sites (tertiary alicyclic amines) is 1. The van der Waals surface area contributed by atoms with Gasteiger partial charge in [-0.2, -0.15) is 0 Å². The van der Waals surface area contributed by atoms with Crippen LogP contribution < -0.4 is 5.73 Å². The molecule has 0 aromatic carbocycles. The molecule has 19 heavy (non-hydrogen) atoms. The Hall–Kier alpha value is -0.170. The maximum absolute atomic E-state index is 11.7. The van der Waals surface area contributed by atoms with Gasteiger partial charge in [0.2, 0.25) is 0 Å². The lowest BCUT2D eigenvalue weighted by molar-refractivity contribution is 0.00712. The van der Waals surface area contributed by atoms with Gasteiger partial charge in [0.15, 0.2) is 9.84 Å². The highest BCUT2D eigenvalue weighted by atomic mass is 32.2. The summed E-state index contributed by atoms with van der Waals surface area (Å²) in [4.78, 5) is 4.63. The Morgan fingerprint density at radius 3 is 2.63 bits per heavy atom. The van der Waals surface area contributed by atoms with Crippen LogP contribution in [-0.4, -0.2) is 74.5 Å². The molecule has 6 heteroatoms. The summed E-state index contributed by atoms with van der Waals surface area (Å²) in [5.74, 6) is 0.633. The number of nitrogens with zero attached hydrogens (tertiary/aromatic N) is 2. The first-order valence-electron chi connectivity index (χ1n) is 7.13. The minimum atomic E-state index is -2.83. The van der Waals surface area contributed by atoms with Crippen molar-refractivity contribution in [1.82, 2.24) is 9.80 Å². The smallest absolute Gasteiger partial charge is 0.151 e. The molecule has 0 amide bonds. The largest absolute Gasteiger partial charge is 0.329 e. The van der Waals surface area contributed by atoms with E-state index >= 15 is 0 Å². The minimum Gasteiger partial charge on any atom is -0.329 e. The average molecular weight is 289 g/mol. The maximum atomic E-state index is 11.7. The van der Waals surface area contributed by atoms with E-state index in [1.807, 2.05) is 0 Å². The SMILES string of the molecule is CC1CC(CN)(N(C)C2CCS(=O)(=O)C2)CCN1C. The Morgan fingerprint density at radius 2 is 2.16 bits per heavy atom. The van der Waals surface area contributed by atoms with Crippen LogP contribution in [0.3, 0.4) is 0 Å². The molecule has 2 aliphatic rings. The first-order chi connectivity index (χ1) is 8.80. The Morgan fingerprint density at radius 1 is 1.47 bits per heavy atom. The molecule has 0 aliphatic carbocycles. The second kappa shape index (κ2) is 5.31. The molecular weight excluding hydrogens is 262 g/mol. The maximum Gasteiger partial charge on any atom is 0.151 e. The van der Waals surface area contributed by atoms with Crippen LogP contribution in [0, 0.1) is 0 Å². The zero-order chi connectivity index (χ0) is 14.3. The van der Waals surface area contributed by atoms with Crippen molar-refractivity contribution < 1.29 is 8.42 Å². The Bertz CT molecular complexity index is 426. The number of piperidine rings is 1. The molecule has 2 rings (SSSR count). The second-order valence-electron chi connectivity index (χ2n) is 6.38. The highest BCUT2D eigenvalue weighted by Gasteiger charge is 2.44. The zero-order valence-electron chi connectivity index (χ0n) is 12.3. The van der Waals surface area contributed by atoms with Crippen molar-refractivity contribution in [2.75, 3.05) is 38.7 Å². The average Bonchev–Trinajstić information content (AvgIpc) is 2.72. The summed E-state index contributed by atoms with van der Waals surface area (Å²) in [6.45, 7) is 3.86. The Balaban J connectivity index is 2.13. The van der Waals surface area contributed by atoms with E-state index in [4.69, 9.17) is 5.73 Å². The Kier molecular flexibility index (Phi) is 4.26. The van der Waals surface area contributed by atoms with Crippen LogP contribution in [0.4, 0.5) is 0 Å². The number of hydrogen-bond donors (Lipinski definition) is 1. The van der Waals surface area contributed by atoms with Gasteiger partial charge in [-0.1, -0.05) is 0 Å². The lowest BCUT2D eigenvalue weighted by atomic mass is 9.81. The number of nitrogens with two attached hydrogens (primary N) is 1. The van der Waals surface area contributed by atoms with Crippen LogP contribution in [0.1, 0.15) is 26.2 Å². The van der Waals surface area contributed by atoms with Crippen molar-refractivity contribution in [1.29, 1.82) is 0 Å². The highest BCUT2D eigenvalue weighted by molar-refractivity contribution is 7.91. The van der Waals surface area contributed by atoms with E-state index in [9.17, 15) is 8.42 Å². The molecule has 0 spiro atoms. The van der Waals surface area contributed by atoms with Crippen LogP contribution in [-0.2, 0) is 9.84 Å². The molecule has 112 valence electrons. The van der Waals surface area contributed by atoms with Gasteiger partial charge in [-0.05, 0) is 46.8 Å². The van der Waals surface area contributed by atoms with Crippen LogP contribution in [0.5, 0.6) is 0 Å². The number of likely N-dealkylation sites (N-methyl/N-ethyl adjacent to an activating group) is 1. The molecule has 2 aliphatic heterocycles. The van der Waals surface area contributed by atoms with Crippen LogP contribution in [0.15, 0.2) is 0 Å². The van der Waals surface area contributed by atoms with Crippen LogP contribution in [0.2, 0.25) is 0 Å². The third-order valence-electron chi connectivity index (χ3n) is 5.24. The van der Waals surface area contributed by atoms with Crippen molar-refractivity contribution >= 4 is 9.84 Å². The molecule has 3 atom stereocenters. The van der Waals surface area contributed by atoms with E-state index < -0.39 is 9.84 Å². The van der Waals surface area contributed by atoms with E-state index in [0.29, 0.717) is 24.1 Å². The number of rotatable bonds is 3. The van der Waals surface area contributed by atoms with Gasteiger partial charge in [0, 0.05) is 24.2 Å². The normalized spacial score (nSPS) is 39.8. The number of hydrogen-bond acceptors (Lipinski definition) is 5. The monoisotopic (exact) mass is 289 g/mol. The first-order valence-corrected chi connectivity index (χ1v) is 8.95. The minimum absolute atomic E-state index is 0.0313. The molecule has 0 aromatic rings. The third kappa shape index (κ3) is 2.96. The van der Waals surface area contributed by atoms with Crippen molar-refractivity contribution in [3.05, 3.63) is 0 Å². The fraction of sp³-hybridized carbons (Fsp3) is 1.00.